The van der Waals surface area contributed by atoms with Crippen molar-refractivity contribution in [2.75, 3.05) is 11.1 Å². The molecular formula is C28H29N9O7. The maximum Gasteiger partial charge on any atom is 0.326 e. The number of aliphatic carboxylic acids is 1. The molecule has 44 heavy (non-hydrogen) atoms. The van der Waals surface area contributed by atoms with E-state index in [0.29, 0.717) is 11.4 Å². The summed E-state index contributed by atoms with van der Waals surface area (Å²) in [6, 6.07) is 12.5. The SMILES string of the molecule is Nc1nc2ncc(CNc3ccc(C(=O)NC(CCC(=O)NC(Cc4ccccc4)C(=O)NO)C(=O)O)cc3)nc2c(=O)[nH]1. The third-order valence-corrected chi connectivity index (χ3v) is 6.41. The molecule has 4 rings (SSSR count). The van der Waals surface area contributed by atoms with E-state index in [1.165, 1.54) is 23.8 Å². The summed E-state index contributed by atoms with van der Waals surface area (Å²) in [5, 5.41) is 26.6. The number of hydroxylamine groups is 1. The van der Waals surface area contributed by atoms with Crippen molar-refractivity contribution in [2.45, 2.75) is 37.9 Å². The van der Waals surface area contributed by atoms with Crippen molar-refractivity contribution in [2.24, 2.45) is 0 Å². The second-order valence-electron chi connectivity index (χ2n) is 9.60. The number of nitrogens with zero attached hydrogens (tertiary/aromatic N) is 3. The van der Waals surface area contributed by atoms with Gasteiger partial charge in [0.15, 0.2) is 11.2 Å². The van der Waals surface area contributed by atoms with Crippen LogP contribution in [0.1, 0.15) is 34.5 Å². The van der Waals surface area contributed by atoms with Gasteiger partial charge in [-0.15, -0.1) is 0 Å². The van der Waals surface area contributed by atoms with Crippen LogP contribution in [0.4, 0.5) is 11.6 Å². The molecule has 0 fully saturated rings. The summed E-state index contributed by atoms with van der Waals surface area (Å²) < 4.78 is 0. The molecular weight excluding hydrogens is 574 g/mol. The van der Waals surface area contributed by atoms with Crippen molar-refractivity contribution in [3.05, 3.63) is 88.0 Å². The Bertz CT molecular complexity index is 1710. The predicted molar refractivity (Wildman–Crippen MR) is 156 cm³/mol. The number of carbonyl (C=O) groups is 4. The molecule has 2 aromatic heterocycles. The van der Waals surface area contributed by atoms with Gasteiger partial charge in [0, 0.05) is 24.1 Å². The number of fused-ring (bicyclic) bond motifs is 1. The highest BCUT2D eigenvalue weighted by Crippen LogP contribution is 2.13. The first-order chi connectivity index (χ1) is 21.1. The van der Waals surface area contributed by atoms with Crippen LogP contribution in [0, 0.1) is 0 Å². The van der Waals surface area contributed by atoms with Crippen molar-refractivity contribution < 1.29 is 29.5 Å². The number of aromatic amines is 1. The standard InChI is InChI=1S/C28H29N9O7/c29-28-35-23-22(26(41)36-28)32-18(14-31-23)13-30-17-8-6-16(7-9-17)24(39)34-19(27(42)43)10-11-21(38)33-20(25(40)37-44)12-15-4-2-1-3-5-15/h1-9,14,19-20,30,44H,10-13H2,(H,33,38)(H,34,39)(H,37,40)(H,42,43)(H3,29,31,35,36,41). The van der Waals surface area contributed by atoms with Crippen LogP contribution in [-0.4, -0.2) is 66.0 Å². The number of rotatable bonds is 13. The van der Waals surface area contributed by atoms with Crippen LogP contribution in [0.5, 0.6) is 0 Å². The summed E-state index contributed by atoms with van der Waals surface area (Å²) in [7, 11) is 0. The van der Waals surface area contributed by atoms with Gasteiger partial charge in [-0.05, 0) is 36.2 Å². The number of benzene rings is 2. The predicted octanol–water partition coefficient (Wildman–Crippen LogP) is 0.104. The van der Waals surface area contributed by atoms with Gasteiger partial charge in [-0.2, -0.15) is 4.98 Å². The van der Waals surface area contributed by atoms with Crippen molar-refractivity contribution in [3.63, 3.8) is 0 Å². The zero-order valence-electron chi connectivity index (χ0n) is 23.1. The maximum atomic E-state index is 12.7. The molecule has 0 spiro atoms. The fourth-order valence-electron chi connectivity index (χ4n) is 4.17. The number of nitrogens with one attached hydrogen (secondary N) is 5. The van der Waals surface area contributed by atoms with Crippen LogP contribution >= 0.6 is 0 Å². The average Bonchev–Trinajstić information content (AvgIpc) is 3.01. The van der Waals surface area contributed by atoms with Gasteiger partial charge >= 0.3 is 5.97 Å². The summed E-state index contributed by atoms with van der Waals surface area (Å²) >= 11 is 0. The van der Waals surface area contributed by atoms with E-state index in [2.05, 4.69) is 35.9 Å². The number of carbonyl (C=O) groups excluding carboxylic acids is 3. The van der Waals surface area contributed by atoms with Crippen LogP contribution in [0.3, 0.4) is 0 Å². The van der Waals surface area contributed by atoms with E-state index in [4.69, 9.17) is 10.9 Å². The Labute approximate surface area is 249 Å². The molecule has 0 saturated heterocycles. The Morgan fingerprint density at radius 2 is 1.68 bits per heavy atom. The first-order valence-electron chi connectivity index (χ1n) is 13.3. The highest BCUT2D eigenvalue weighted by molar-refractivity contribution is 5.97. The Hall–Kier alpha value is -5.90. The van der Waals surface area contributed by atoms with Gasteiger partial charge in [-0.3, -0.25) is 29.4 Å². The highest BCUT2D eigenvalue weighted by atomic mass is 16.5. The van der Waals surface area contributed by atoms with Gasteiger partial charge in [0.1, 0.15) is 12.1 Å². The number of aromatic nitrogens is 4. The summed E-state index contributed by atoms with van der Waals surface area (Å²) in [4.78, 5) is 75.8. The lowest BCUT2D eigenvalue weighted by Crippen LogP contribution is -2.48. The minimum atomic E-state index is -1.38. The average molecular weight is 604 g/mol. The summed E-state index contributed by atoms with van der Waals surface area (Å²) in [5.74, 6) is -3.54. The van der Waals surface area contributed by atoms with Crippen LogP contribution in [0.15, 0.2) is 65.6 Å². The Balaban J connectivity index is 1.30. The zero-order chi connectivity index (χ0) is 31.6. The fraction of sp³-hybridized carbons (Fsp3) is 0.214. The number of carboxylic acids is 1. The third kappa shape index (κ3) is 8.32. The first-order valence-corrected chi connectivity index (χ1v) is 13.3. The van der Waals surface area contributed by atoms with E-state index in [9.17, 15) is 29.1 Å². The maximum absolute atomic E-state index is 12.7. The third-order valence-electron chi connectivity index (χ3n) is 6.41. The number of anilines is 2. The summed E-state index contributed by atoms with van der Waals surface area (Å²) in [5.41, 5.74) is 8.64. The fourth-order valence-corrected chi connectivity index (χ4v) is 4.17. The van der Waals surface area contributed by atoms with Crippen LogP contribution in [-0.2, 0) is 27.3 Å². The van der Waals surface area contributed by atoms with E-state index in [-0.39, 0.29) is 48.5 Å². The molecule has 2 atom stereocenters. The Morgan fingerprint density at radius 1 is 0.955 bits per heavy atom. The van der Waals surface area contributed by atoms with E-state index < -0.39 is 41.3 Å². The molecule has 4 aromatic rings. The minimum absolute atomic E-state index is 0.0404. The van der Waals surface area contributed by atoms with Gasteiger partial charge in [0.2, 0.25) is 11.9 Å². The molecule has 0 aliphatic rings. The highest BCUT2D eigenvalue weighted by Gasteiger charge is 2.25. The number of nitrogen functional groups attached to an aromatic ring is 1. The molecule has 0 radical (unpaired) electrons. The van der Waals surface area contributed by atoms with E-state index in [1.807, 2.05) is 0 Å². The molecule has 2 aromatic carbocycles. The van der Waals surface area contributed by atoms with E-state index in [0.717, 1.165) is 5.56 Å². The van der Waals surface area contributed by atoms with Crippen molar-refractivity contribution >= 4 is 46.5 Å². The molecule has 0 aliphatic heterocycles. The number of H-pyrrole nitrogens is 1. The lowest BCUT2D eigenvalue weighted by atomic mass is 10.0. The molecule has 2 heterocycles. The molecule has 3 amide bonds. The number of carboxylic acid groups (broad SMARTS) is 1. The van der Waals surface area contributed by atoms with Crippen molar-refractivity contribution in [1.29, 1.82) is 0 Å². The van der Waals surface area contributed by atoms with Gasteiger partial charge in [-0.25, -0.2) is 20.2 Å². The number of nitrogens with two attached hydrogens (primary N) is 1. The van der Waals surface area contributed by atoms with Crippen LogP contribution < -0.4 is 32.7 Å². The largest absolute Gasteiger partial charge is 0.480 e. The second-order valence-corrected chi connectivity index (χ2v) is 9.60. The topological polar surface area (TPSA) is 254 Å². The molecule has 0 saturated carbocycles. The molecule has 16 nitrogen and oxygen atoms in total. The van der Waals surface area contributed by atoms with E-state index in [1.54, 1.807) is 42.5 Å². The van der Waals surface area contributed by atoms with Crippen molar-refractivity contribution in [3.8, 4) is 0 Å². The molecule has 16 heteroatoms. The molecule has 9 N–H and O–H groups in total. The van der Waals surface area contributed by atoms with Crippen LogP contribution in [0.2, 0.25) is 0 Å². The summed E-state index contributed by atoms with van der Waals surface area (Å²) in [6.45, 7) is 0.202. The van der Waals surface area contributed by atoms with Gasteiger partial charge in [0.25, 0.3) is 17.4 Å². The van der Waals surface area contributed by atoms with Gasteiger partial charge < -0.3 is 26.8 Å². The number of amides is 3. The second kappa shape index (κ2) is 14.3. The first kappa shape index (κ1) is 31.0. The molecule has 0 bridgehead atoms. The normalized spacial score (nSPS) is 12.1. The molecule has 2 unspecified atom stereocenters. The van der Waals surface area contributed by atoms with E-state index >= 15 is 0 Å². The lowest BCUT2D eigenvalue weighted by Gasteiger charge is -2.18. The smallest absolute Gasteiger partial charge is 0.326 e. The van der Waals surface area contributed by atoms with Crippen molar-refractivity contribution in [1.82, 2.24) is 36.0 Å². The monoisotopic (exact) mass is 603 g/mol. The minimum Gasteiger partial charge on any atom is -0.480 e. The Kier molecular flexibility index (Phi) is 10.1. The summed E-state index contributed by atoms with van der Waals surface area (Å²) in [6.07, 6.45) is 0.992. The van der Waals surface area contributed by atoms with Gasteiger partial charge in [0.05, 0.1) is 18.4 Å². The number of hydrogen-bond donors (Lipinski definition) is 8. The van der Waals surface area contributed by atoms with Crippen LogP contribution in [0.25, 0.3) is 11.2 Å². The number of hydrogen-bond acceptors (Lipinski definition) is 11. The van der Waals surface area contributed by atoms with Gasteiger partial charge in [-0.1, -0.05) is 30.3 Å². The molecule has 228 valence electrons. The lowest BCUT2D eigenvalue weighted by molar-refractivity contribution is -0.139. The zero-order valence-corrected chi connectivity index (χ0v) is 23.1. The quantitative estimate of drug-likeness (QED) is 0.0748. The Morgan fingerprint density at radius 3 is 2.36 bits per heavy atom. The molecule has 0 aliphatic carbocycles.